The second-order valence-electron chi connectivity index (χ2n) is 3.45. The Hall–Kier alpha value is -0.400. The van der Waals surface area contributed by atoms with E-state index >= 15 is 0 Å². The first kappa shape index (κ1) is 12.1. The van der Waals surface area contributed by atoms with Crippen molar-refractivity contribution >= 4 is 55.0 Å². The van der Waals surface area contributed by atoms with Crippen molar-refractivity contribution in [3.8, 4) is 0 Å². The molecule has 1 fully saturated rings. The molecule has 7 heteroatoms. The molecule has 0 radical (unpaired) electrons. The zero-order chi connectivity index (χ0) is 11.7. The van der Waals surface area contributed by atoms with Crippen LogP contribution in [-0.4, -0.2) is 11.8 Å². The highest BCUT2D eigenvalue weighted by atomic mass is 79.9. The predicted molar refractivity (Wildman–Crippen MR) is 68.1 cm³/mol. The highest BCUT2D eigenvalue weighted by Crippen LogP contribution is 2.32. The van der Waals surface area contributed by atoms with E-state index in [-0.39, 0.29) is 17.7 Å². The van der Waals surface area contributed by atoms with Gasteiger partial charge in [0.2, 0.25) is 5.91 Å². The van der Waals surface area contributed by atoms with E-state index in [1.54, 1.807) is 6.07 Å². The third-order valence-electron chi connectivity index (χ3n) is 2.12. The highest BCUT2D eigenvalue weighted by Gasteiger charge is 2.29. The Kier molecular flexibility index (Phi) is 3.66. The maximum atomic E-state index is 11.6. The largest absolute Gasteiger partial charge is 0.279 e. The molecule has 0 aromatic carbocycles. The number of halogens is 2. The summed E-state index contributed by atoms with van der Waals surface area (Å²) in [5.41, 5.74) is 4.80. The fourth-order valence-corrected chi connectivity index (χ4v) is 3.02. The van der Waals surface area contributed by atoms with Gasteiger partial charge in [0.1, 0.15) is 0 Å². The first-order valence-electron chi connectivity index (χ1n) is 4.63. The topological polar surface area (TPSA) is 58.2 Å². The molecule has 0 unspecified atom stereocenters. The van der Waals surface area contributed by atoms with Crippen LogP contribution in [-0.2, 0) is 4.79 Å². The lowest BCUT2D eigenvalue weighted by molar-refractivity contribution is -0.123. The van der Waals surface area contributed by atoms with E-state index in [1.807, 2.05) is 0 Å². The van der Waals surface area contributed by atoms with Crippen molar-refractivity contribution in [3.05, 3.63) is 19.2 Å². The molecule has 1 aromatic heterocycles. The molecule has 16 heavy (non-hydrogen) atoms. The van der Waals surface area contributed by atoms with Gasteiger partial charge in [-0.25, -0.2) is 0 Å². The Morgan fingerprint density at radius 2 is 2.00 bits per heavy atom. The Labute approximate surface area is 113 Å². The molecular formula is C9H8Br2N2O2S. The molecule has 0 bridgehead atoms. The van der Waals surface area contributed by atoms with Gasteiger partial charge in [0.05, 0.1) is 8.66 Å². The van der Waals surface area contributed by atoms with E-state index < -0.39 is 0 Å². The fraction of sp³-hybridized carbons (Fsp3) is 0.333. The van der Waals surface area contributed by atoms with Crippen molar-refractivity contribution in [2.75, 3.05) is 0 Å². The number of hydrogen-bond acceptors (Lipinski definition) is 3. The molecule has 0 aliphatic heterocycles. The second kappa shape index (κ2) is 4.85. The minimum Gasteiger partial charge on any atom is -0.273 e. The monoisotopic (exact) mass is 366 g/mol. The van der Waals surface area contributed by atoms with Gasteiger partial charge in [0, 0.05) is 10.4 Å². The van der Waals surface area contributed by atoms with E-state index in [4.69, 9.17) is 0 Å². The first-order chi connectivity index (χ1) is 7.58. The van der Waals surface area contributed by atoms with Crippen molar-refractivity contribution < 1.29 is 9.59 Å². The van der Waals surface area contributed by atoms with Gasteiger partial charge in [-0.3, -0.25) is 20.4 Å². The zero-order valence-electron chi connectivity index (χ0n) is 8.05. The summed E-state index contributed by atoms with van der Waals surface area (Å²) < 4.78 is 1.68. The number of hydrogen-bond donors (Lipinski definition) is 2. The van der Waals surface area contributed by atoms with Crippen LogP contribution in [0.1, 0.15) is 22.5 Å². The van der Waals surface area contributed by atoms with Crippen molar-refractivity contribution in [1.29, 1.82) is 0 Å². The van der Waals surface area contributed by atoms with Crippen molar-refractivity contribution in [1.82, 2.24) is 10.9 Å². The molecular weight excluding hydrogens is 360 g/mol. The van der Waals surface area contributed by atoms with Crippen LogP contribution < -0.4 is 10.9 Å². The molecule has 2 amide bonds. The molecule has 1 aliphatic rings. The van der Waals surface area contributed by atoms with Gasteiger partial charge in [-0.15, -0.1) is 11.3 Å². The summed E-state index contributed by atoms with van der Waals surface area (Å²) in [6.45, 7) is 0. The number of rotatable bonds is 2. The molecule has 1 aliphatic carbocycles. The molecule has 4 nitrogen and oxygen atoms in total. The molecule has 1 saturated carbocycles. The number of amides is 2. The van der Waals surface area contributed by atoms with Gasteiger partial charge in [-0.2, -0.15) is 0 Å². The molecule has 1 heterocycles. The van der Waals surface area contributed by atoms with Gasteiger partial charge in [-0.05, 0) is 50.8 Å². The van der Waals surface area contributed by atoms with Gasteiger partial charge >= 0.3 is 0 Å². The molecule has 2 rings (SSSR count). The lowest BCUT2D eigenvalue weighted by Gasteiger charge is -2.04. The highest BCUT2D eigenvalue weighted by molar-refractivity contribution is 9.13. The molecule has 0 atom stereocenters. The normalized spacial score (nSPS) is 14.6. The van der Waals surface area contributed by atoms with Gasteiger partial charge in [0.25, 0.3) is 5.91 Å². The summed E-state index contributed by atoms with van der Waals surface area (Å²) in [6, 6.07) is 1.70. The summed E-state index contributed by atoms with van der Waals surface area (Å²) in [4.78, 5) is 23.4. The number of hydrazine groups is 1. The maximum absolute atomic E-state index is 11.6. The van der Waals surface area contributed by atoms with E-state index in [0.717, 1.165) is 21.1 Å². The summed E-state index contributed by atoms with van der Waals surface area (Å²) >= 11 is 7.90. The van der Waals surface area contributed by atoms with Crippen molar-refractivity contribution in [3.63, 3.8) is 0 Å². The summed E-state index contributed by atoms with van der Waals surface area (Å²) in [5.74, 6) is -0.324. The molecule has 86 valence electrons. The summed E-state index contributed by atoms with van der Waals surface area (Å²) in [5, 5.41) is 0. The Morgan fingerprint density at radius 3 is 2.50 bits per heavy atom. The van der Waals surface area contributed by atoms with E-state index in [0.29, 0.717) is 4.88 Å². The van der Waals surface area contributed by atoms with Crippen LogP contribution in [0.15, 0.2) is 14.3 Å². The van der Waals surface area contributed by atoms with Gasteiger partial charge < -0.3 is 0 Å². The van der Waals surface area contributed by atoms with Crippen LogP contribution in [0.2, 0.25) is 0 Å². The number of carbonyl (C=O) groups excluding carboxylic acids is 2. The van der Waals surface area contributed by atoms with E-state index in [1.165, 1.54) is 11.3 Å². The smallest absolute Gasteiger partial charge is 0.273 e. The summed E-state index contributed by atoms with van der Waals surface area (Å²) in [6.07, 6.45) is 1.83. The predicted octanol–water partition coefficient (Wildman–Crippen LogP) is 2.44. The van der Waals surface area contributed by atoms with Crippen LogP contribution in [0, 0.1) is 5.92 Å². The van der Waals surface area contributed by atoms with E-state index in [9.17, 15) is 9.59 Å². The number of thiophene rings is 1. The molecule has 1 aromatic rings. The maximum Gasteiger partial charge on any atom is 0.279 e. The quantitative estimate of drug-likeness (QED) is 0.789. The molecule has 0 spiro atoms. The Morgan fingerprint density at radius 1 is 1.31 bits per heavy atom. The Balaban J connectivity index is 1.89. The van der Waals surface area contributed by atoms with Crippen LogP contribution in [0.3, 0.4) is 0 Å². The molecule has 2 N–H and O–H groups in total. The molecule has 0 saturated heterocycles. The minimum absolute atomic E-state index is 0.0853. The Bertz CT molecular complexity index is 423. The average Bonchev–Trinajstić information content (AvgIpc) is 3.03. The number of nitrogens with one attached hydrogen (secondary N) is 2. The van der Waals surface area contributed by atoms with Crippen LogP contribution in [0.4, 0.5) is 0 Å². The fourth-order valence-electron chi connectivity index (χ4n) is 1.09. The van der Waals surface area contributed by atoms with E-state index in [2.05, 4.69) is 42.7 Å². The SMILES string of the molecule is O=C(NNC(=O)C1CC1)c1cc(Br)c(Br)s1. The van der Waals surface area contributed by atoms with Crippen molar-refractivity contribution in [2.45, 2.75) is 12.8 Å². The third kappa shape index (κ3) is 2.83. The average molecular weight is 368 g/mol. The first-order valence-corrected chi connectivity index (χ1v) is 7.03. The summed E-state index contributed by atoms with van der Waals surface area (Å²) in [7, 11) is 0. The van der Waals surface area contributed by atoms with Gasteiger partial charge in [-0.1, -0.05) is 0 Å². The number of carbonyl (C=O) groups is 2. The van der Waals surface area contributed by atoms with Crippen LogP contribution in [0.5, 0.6) is 0 Å². The van der Waals surface area contributed by atoms with Crippen LogP contribution in [0.25, 0.3) is 0 Å². The van der Waals surface area contributed by atoms with Crippen molar-refractivity contribution in [2.24, 2.45) is 5.92 Å². The standard InChI is InChI=1S/C9H8Br2N2O2S/c10-5-3-6(16-7(5)11)9(15)13-12-8(14)4-1-2-4/h3-4H,1-2H2,(H,12,14)(H,13,15). The van der Waals surface area contributed by atoms with Crippen LogP contribution >= 0.6 is 43.2 Å². The lowest BCUT2D eigenvalue weighted by Crippen LogP contribution is -2.42. The zero-order valence-corrected chi connectivity index (χ0v) is 12.0. The van der Waals surface area contributed by atoms with Gasteiger partial charge in [0.15, 0.2) is 0 Å². The third-order valence-corrected chi connectivity index (χ3v) is 5.37. The minimum atomic E-state index is -0.301. The second-order valence-corrected chi connectivity index (χ2v) is 6.67. The lowest BCUT2D eigenvalue weighted by atomic mass is 10.4.